The van der Waals surface area contributed by atoms with E-state index in [2.05, 4.69) is 50.9 Å². The van der Waals surface area contributed by atoms with Gasteiger partial charge in [0.2, 0.25) is 0 Å². The molecule has 2 aromatic rings. The summed E-state index contributed by atoms with van der Waals surface area (Å²) < 4.78 is 18.7. The zero-order valence-corrected chi connectivity index (χ0v) is 19.1. The molecule has 0 radical (unpaired) electrons. The summed E-state index contributed by atoms with van der Waals surface area (Å²) >= 11 is 0. The van der Waals surface area contributed by atoms with Crippen molar-refractivity contribution in [3.05, 3.63) is 66.0 Å². The molecule has 2 aromatic carbocycles. The van der Waals surface area contributed by atoms with Crippen molar-refractivity contribution in [1.82, 2.24) is 15.5 Å². The van der Waals surface area contributed by atoms with Gasteiger partial charge in [0.1, 0.15) is 18.2 Å². The summed E-state index contributed by atoms with van der Waals surface area (Å²) in [5.41, 5.74) is 1.37. The lowest BCUT2D eigenvalue weighted by atomic mass is 10.0. The SMILES string of the molecule is CN=C(NCCOc1cccc(F)c1)NC1CCN(Cc2ccccc2)CC1.I. The molecule has 158 valence electrons. The lowest BCUT2D eigenvalue weighted by Gasteiger charge is -2.33. The van der Waals surface area contributed by atoms with E-state index in [0.29, 0.717) is 24.9 Å². The average molecular weight is 512 g/mol. The van der Waals surface area contributed by atoms with Gasteiger partial charge in [-0.25, -0.2) is 4.39 Å². The van der Waals surface area contributed by atoms with Gasteiger partial charge in [0.05, 0.1) is 6.54 Å². The minimum Gasteiger partial charge on any atom is -0.492 e. The summed E-state index contributed by atoms with van der Waals surface area (Å²) in [6.07, 6.45) is 2.18. The van der Waals surface area contributed by atoms with Crippen LogP contribution in [-0.2, 0) is 6.54 Å². The second kappa shape index (κ2) is 12.6. The van der Waals surface area contributed by atoms with Crippen molar-refractivity contribution in [1.29, 1.82) is 0 Å². The van der Waals surface area contributed by atoms with E-state index in [4.69, 9.17) is 4.74 Å². The van der Waals surface area contributed by atoms with E-state index in [1.807, 2.05) is 0 Å². The van der Waals surface area contributed by atoms with Crippen molar-refractivity contribution >= 4 is 29.9 Å². The van der Waals surface area contributed by atoms with Crippen LogP contribution < -0.4 is 15.4 Å². The van der Waals surface area contributed by atoms with Crippen LogP contribution in [-0.4, -0.2) is 50.2 Å². The molecule has 1 fully saturated rings. The molecule has 0 aromatic heterocycles. The predicted octanol–water partition coefficient (Wildman–Crippen LogP) is 3.65. The van der Waals surface area contributed by atoms with Crippen LogP contribution >= 0.6 is 24.0 Å². The Balaban J connectivity index is 0.00000300. The Morgan fingerprint density at radius 1 is 1.14 bits per heavy atom. The Hall–Kier alpha value is -1.87. The third-order valence-electron chi connectivity index (χ3n) is 4.86. The molecule has 0 saturated carbocycles. The summed E-state index contributed by atoms with van der Waals surface area (Å²) in [6.45, 7) is 4.21. The molecule has 5 nitrogen and oxygen atoms in total. The number of aliphatic imine (C=N–C) groups is 1. The Morgan fingerprint density at radius 3 is 2.59 bits per heavy atom. The third-order valence-corrected chi connectivity index (χ3v) is 4.86. The Morgan fingerprint density at radius 2 is 1.90 bits per heavy atom. The topological polar surface area (TPSA) is 48.9 Å². The molecule has 7 heteroatoms. The fraction of sp³-hybridized carbons (Fsp3) is 0.409. The second-order valence-electron chi connectivity index (χ2n) is 6.99. The van der Waals surface area contributed by atoms with Crippen LogP contribution in [0.5, 0.6) is 5.75 Å². The maximum absolute atomic E-state index is 13.1. The molecule has 0 spiro atoms. The average Bonchev–Trinajstić information content (AvgIpc) is 2.72. The number of halogens is 2. The number of hydrogen-bond donors (Lipinski definition) is 2. The number of nitrogens with one attached hydrogen (secondary N) is 2. The molecule has 0 amide bonds. The Labute approximate surface area is 189 Å². The first-order chi connectivity index (χ1) is 13.7. The van der Waals surface area contributed by atoms with Gasteiger partial charge in [-0.05, 0) is 30.5 Å². The van der Waals surface area contributed by atoms with Gasteiger partial charge in [-0.1, -0.05) is 36.4 Å². The molecule has 2 N–H and O–H groups in total. The molecule has 1 saturated heterocycles. The molecule has 0 bridgehead atoms. The van der Waals surface area contributed by atoms with Gasteiger partial charge in [0.15, 0.2) is 5.96 Å². The third kappa shape index (κ3) is 8.18. The number of hydrogen-bond acceptors (Lipinski definition) is 3. The maximum atomic E-state index is 13.1. The highest BCUT2D eigenvalue weighted by Crippen LogP contribution is 2.14. The van der Waals surface area contributed by atoms with E-state index < -0.39 is 0 Å². The van der Waals surface area contributed by atoms with Gasteiger partial charge in [0.25, 0.3) is 0 Å². The van der Waals surface area contributed by atoms with Crippen LogP contribution in [0.1, 0.15) is 18.4 Å². The first-order valence-electron chi connectivity index (χ1n) is 9.85. The molecular weight excluding hydrogens is 482 g/mol. The van der Waals surface area contributed by atoms with Gasteiger partial charge < -0.3 is 15.4 Å². The summed E-state index contributed by atoms with van der Waals surface area (Å²) in [5, 5.41) is 6.75. The number of guanidine groups is 1. The summed E-state index contributed by atoms with van der Waals surface area (Å²) in [7, 11) is 1.77. The fourth-order valence-electron chi connectivity index (χ4n) is 3.36. The predicted molar refractivity (Wildman–Crippen MR) is 127 cm³/mol. The standard InChI is InChI=1S/C22H29FN4O.HI/c1-24-22(25-12-15-28-21-9-5-8-19(23)16-21)26-20-10-13-27(14-11-20)17-18-6-3-2-4-7-18;/h2-9,16,20H,10-15,17H2,1H3,(H2,24,25,26);1H. The summed E-state index contributed by atoms with van der Waals surface area (Å²) in [5.74, 6) is 1.03. The smallest absolute Gasteiger partial charge is 0.191 e. The first kappa shape index (κ1) is 23.4. The highest BCUT2D eigenvalue weighted by atomic mass is 127. The lowest BCUT2D eigenvalue weighted by Crippen LogP contribution is -2.49. The Kier molecular flexibility index (Phi) is 10.2. The van der Waals surface area contributed by atoms with Crippen molar-refractivity contribution in [2.24, 2.45) is 4.99 Å². The van der Waals surface area contributed by atoms with Crippen LogP contribution in [0.15, 0.2) is 59.6 Å². The molecule has 0 atom stereocenters. The van der Waals surface area contributed by atoms with Crippen LogP contribution in [0.4, 0.5) is 4.39 Å². The number of piperidine rings is 1. The second-order valence-corrected chi connectivity index (χ2v) is 6.99. The van der Waals surface area contributed by atoms with Crippen molar-refractivity contribution < 1.29 is 9.13 Å². The minimum absolute atomic E-state index is 0. The molecule has 1 heterocycles. The van der Waals surface area contributed by atoms with Crippen molar-refractivity contribution in [2.45, 2.75) is 25.4 Å². The fourth-order valence-corrected chi connectivity index (χ4v) is 3.36. The summed E-state index contributed by atoms with van der Waals surface area (Å²) in [4.78, 5) is 6.79. The van der Waals surface area contributed by atoms with Gasteiger partial charge in [-0.3, -0.25) is 9.89 Å². The lowest BCUT2D eigenvalue weighted by molar-refractivity contribution is 0.198. The highest BCUT2D eigenvalue weighted by Gasteiger charge is 2.19. The minimum atomic E-state index is -0.290. The number of nitrogens with zero attached hydrogens (tertiary/aromatic N) is 2. The molecule has 3 rings (SSSR count). The molecule has 1 aliphatic heterocycles. The van der Waals surface area contributed by atoms with Crippen molar-refractivity contribution in [2.75, 3.05) is 33.3 Å². The normalized spacial score (nSPS) is 15.4. The number of ether oxygens (including phenoxy) is 1. The van der Waals surface area contributed by atoms with E-state index in [1.165, 1.54) is 17.7 Å². The first-order valence-corrected chi connectivity index (χ1v) is 9.85. The molecule has 1 aliphatic rings. The maximum Gasteiger partial charge on any atom is 0.191 e. The number of rotatable bonds is 7. The number of likely N-dealkylation sites (tertiary alicyclic amines) is 1. The zero-order chi connectivity index (χ0) is 19.6. The summed E-state index contributed by atoms with van der Waals surface area (Å²) in [6, 6.07) is 17.2. The van der Waals surface area contributed by atoms with Crippen molar-refractivity contribution in [3.8, 4) is 5.75 Å². The quantitative estimate of drug-likeness (QED) is 0.258. The molecular formula is C22H30FIN4O. The van der Waals surface area contributed by atoms with Gasteiger partial charge in [0, 0.05) is 38.8 Å². The highest BCUT2D eigenvalue weighted by molar-refractivity contribution is 14.0. The van der Waals surface area contributed by atoms with Crippen LogP contribution in [0.3, 0.4) is 0 Å². The van der Waals surface area contributed by atoms with Crippen molar-refractivity contribution in [3.63, 3.8) is 0 Å². The molecule has 29 heavy (non-hydrogen) atoms. The van der Waals surface area contributed by atoms with E-state index in [1.54, 1.807) is 19.2 Å². The monoisotopic (exact) mass is 512 g/mol. The largest absolute Gasteiger partial charge is 0.492 e. The van der Waals surface area contributed by atoms with Crippen LogP contribution in [0.25, 0.3) is 0 Å². The van der Waals surface area contributed by atoms with Gasteiger partial charge >= 0.3 is 0 Å². The molecule has 0 unspecified atom stereocenters. The van der Waals surface area contributed by atoms with Crippen LogP contribution in [0.2, 0.25) is 0 Å². The van der Waals surface area contributed by atoms with E-state index in [0.717, 1.165) is 38.4 Å². The van der Waals surface area contributed by atoms with E-state index >= 15 is 0 Å². The van der Waals surface area contributed by atoms with Gasteiger partial charge in [-0.15, -0.1) is 24.0 Å². The zero-order valence-electron chi connectivity index (χ0n) is 16.8. The van der Waals surface area contributed by atoms with Gasteiger partial charge in [-0.2, -0.15) is 0 Å². The van der Waals surface area contributed by atoms with E-state index in [9.17, 15) is 4.39 Å². The molecule has 0 aliphatic carbocycles. The Bertz CT molecular complexity index is 751. The number of benzene rings is 2. The van der Waals surface area contributed by atoms with Crippen LogP contribution in [0, 0.1) is 5.82 Å². The van der Waals surface area contributed by atoms with E-state index in [-0.39, 0.29) is 29.8 Å².